The fraction of sp³-hybridized carbons (Fsp3) is 0.944. The number of nitrogens with zero attached hydrogens (tertiary/aromatic N) is 2. The second-order valence-electron chi connectivity index (χ2n) is 6.68. The highest BCUT2D eigenvalue weighted by Gasteiger charge is 2.18. The molecule has 1 saturated heterocycles. The smallest absolute Gasteiger partial charge is 0.191 e. The van der Waals surface area contributed by atoms with Gasteiger partial charge in [-0.3, -0.25) is 4.99 Å². The quantitative estimate of drug-likeness (QED) is 0.350. The summed E-state index contributed by atoms with van der Waals surface area (Å²) in [7, 11) is 2.20. The molecule has 1 aliphatic rings. The predicted molar refractivity (Wildman–Crippen MR) is 97.6 cm³/mol. The first-order chi connectivity index (χ1) is 10.8. The number of rotatable bonds is 11. The zero-order valence-electron chi connectivity index (χ0n) is 15.2. The summed E-state index contributed by atoms with van der Waals surface area (Å²) in [6.45, 7) is 9.76. The highest BCUT2D eigenvalue weighted by atomic mass is 15.2. The number of hydrogen-bond donors (Lipinski definition) is 2. The Bertz CT molecular complexity index is 291. The molecule has 1 heterocycles. The van der Waals surface area contributed by atoms with E-state index in [2.05, 4.69) is 36.4 Å². The maximum absolute atomic E-state index is 4.76. The molecule has 0 amide bonds. The Labute approximate surface area is 138 Å². The largest absolute Gasteiger partial charge is 0.357 e. The molecule has 130 valence electrons. The maximum Gasteiger partial charge on any atom is 0.191 e. The molecule has 1 aliphatic heterocycles. The van der Waals surface area contributed by atoms with Gasteiger partial charge in [-0.25, -0.2) is 0 Å². The van der Waals surface area contributed by atoms with Crippen LogP contribution in [0.25, 0.3) is 0 Å². The molecular weight excluding hydrogens is 272 g/mol. The molecule has 0 aromatic carbocycles. The van der Waals surface area contributed by atoms with Gasteiger partial charge < -0.3 is 15.5 Å². The first kappa shape index (κ1) is 19.3. The highest BCUT2D eigenvalue weighted by Crippen LogP contribution is 2.14. The highest BCUT2D eigenvalue weighted by molar-refractivity contribution is 5.79. The lowest BCUT2D eigenvalue weighted by atomic mass is 10.1. The minimum absolute atomic E-state index is 0.735. The molecular formula is C18H38N4. The Morgan fingerprint density at radius 1 is 1.05 bits per heavy atom. The van der Waals surface area contributed by atoms with Crippen LogP contribution in [0.15, 0.2) is 4.99 Å². The van der Waals surface area contributed by atoms with E-state index in [0.717, 1.165) is 31.5 Å². The van der Waals surface area contributed by atoms with Crippen LogP contribution in [0.4, 0.5) is 0 Å². The molecule has 0 spiro atoms. The average Bonchev–Trinajstić information content (AvgIpc) is 2.93. The fourth-order valence-electron chi connectivity index (χ4n) is 3.03. The molecule has 0 radical (unpaired) electrons. The van der Waals surface area contributed by atoms with Crippen LogP contribution in [0, 0.1) is 5.92 Å². The third-order valence-electron chi connectivity index (χ3n) is 4.41. The van der Waals surface area contributed by atoms with Crippen LogP contribution in [0.5, 0.6) is 0 Å². The van der Waals surface area contributed by atoms with Gasteiger partial charge in [0.05, 0.1) is 0 Å². The third-order valence-corrected chi connectivity index (χ3v) is 4.41. The van der Waals surface area contributed by atoms with Gasteiger partial charge in [0.1, 0.15) is 0 Å². The summed E-state index contributed by atoms with van der Waals surface area (Å²) in [5.74, 6) is 1.74. The van der Waals surface area contributed by atoms with Crippen LogP contribution in [-0.2, 0) is 0 Å². The van der Waals surface area contributed by atoms with Crippen LogP contribution in [-0.4, -0.2) is 50.6 Å². The molecule has 1 fully saturated rings. The Hall–Kier alpha value is -0.770. The van der Waals surface area contributed by atoms with Crippen molar-refractivity contribution in [2.45, 2.75) is 65.2 Å². The third kappa shape index (κ3) is 9.29. The fourth-order valence-corrected chi connectivity index (χ4v) is 3.03. The van der Waals surface area contributed by atoms with Gasteiger partial charge in [0, 0.05) is 26.2 Å². The lowest BCUT2D eigenvalue weighted by molar-refractivity contribution is 0.397. The van der Waals surface area contributed by atoms with Gasteiger partial charge in [0.2, 0.25) is 0 Å². The van der Waals surface area contributed by atoms with Gasteiger partial charge in [0.15, 0.2) is 5.96 Å². The second kappa shape index (κ2) is 12.7. The van der Waals surface area contributed by atoms with E-state index in [4.69, 9.17) is 4.99 Å². The Balaban J connectivity index is 2.09. The minimum Gasteiger partial charge on any atom is -0.357 e. The van der Waals surface area contributed by atoms with Crippen molar-refractivity contribution in [3.8, 4) is 0 Å². The molecule has 1 unspecified atom stereocenters. The van der Waals surface area contributed by atoms with Crippen molar-refractivity contribution in [3.05, 3.63) is 0 Å². The molecule has 4 heteroatoms. The second-order valence-corrected chi connectivity index (χ2v) is 6.68. The molecule has 0 bridgehead atoms. The first-order valence-corrected chi connectivity index (χ1v) is 9.47. The summed E-state index contributed by atoms with van der Waals surface area (Å²) in [5, 5.41) is 6.85. The van der Waals surface area contributed by atoms with Gasteiger partial charge in [-0.1, -0.05) is 45.4 Å². The Morgan fingerprint density at radius 2 is 1.77 bits per heavy atom. The van der Waals surface area contributed by atoms with Crippen molar-refractivity contribution in [2.75, 3.05) is 39.8 Å². The van der Waals surface area contributed by atoms with Crippen molar-refractivity contribution in [1.29, 1.82) is 0 Å². The van der Waals surface area contributed by atoms with Gasteiger partial charge in [-0.05, 0) is 39.3 Å². The standard InChI is InChI=1S/C18H38N4/c1-4-6-7-8-9-10-11-13-20-18(19-5-2)21-15-17-12-14-22(3)16-17/h17H,4-16H2,1-3H3,(H2,19,20,21). The van der Waals surface area contributed by atoms with E-state index in [9.17, 15) is 0 Å². The summed E-state index contributed by atoms with van der Waals surface area (Å²) in [6.07, 6.45) is 10.8. The normalized spacial score (nSPS) is 19.6. The van der Waals surface area contributed by atoms with Gasteiger partial charge in [-0.15, -0.1) is 0 Å². The zero-order valence-corrected chi connectivity index (χ0v) is 15.2. The minimum atomic E-state index is 0.735. The van der Waals surface area contributed by atoms with E-state index in [0.29, 0.717) is 0 Å². The molecule has 1 rings (SSSR count). The zero-order chi connectivity index (χ0) is 16.0. The average molecular weight is 311 g/mol. The van der Waals surface area contributed by atoms with E-state index in [-0.39, 0.29) is 0 Å². The van der Waals surface area contributed by atoms with Crippen LogP contribution in [0.3, 0.4) is 0 Å². The summed E-state index contributed by atoms with van der Waals surface area (Å²) in [4.78, 5) is 7.16. The summed E-state index contributed by atoms with van der Waals surface area (Å²) >= 11 is 0. The van der Waals surface area contributed by atoms with Crippen molar-refractivity contribution >= 4 is 5.96 Å². The van der Waals surface area contributed by atoms with Crippen LogP contribution in [0.2, 0.25) is 0 Å². The van der Waals surface area contributed by atoms with Crippen LogP contribution in [0.1, 0.15) is 65.2 Å². The van der Waals surface area contributed by atoms with E-state index in [1.165, 1.54) is 64.5 Å². The van der Waals surface area contributed by atoms with Gasteiger partial charge in [0.25, 0.3) is 0 Å². The maximum atomic E-state index is 4.76. The van der Waals surface area contributed by atoms with Crippen molar-refractivity contribution in [2.24, 2.45) is 10.9 Å². The lowest BCUT2D eigenvalue weighted by Gasteiger charge is -2.13. The van der Waals surface area contributed by atoms with Crippen LogP contribution < -0.4 is 10.6 Å². The van der Waals surface area contributed by atoms with Crippen LogP contribution >= 0.6 is 0 Å². The molecule has 0 aliphatic carbocycles. The SMILES string of the molecule is CCCCCCCCCNC(=NCC1CCN(C)C1)NCC. The number of hydrogen-bond acceptors (Lipinski definition) is 2. The Kier molecular flexibility index (Phi) is 11.2. The first-order valence-electron chi connectivity index (χ1n) is 9.47. The Morgan fingerprint density at radius 3 is 2.41 bits per heavy atom. The number of likely N-dealkylation sites (tertiary alicyclic amines) is 1. The van der Waals surface area contributed by atoms with Crippen molar-refractivity contribution in [1.82, 2.24) is 15.5 Å². The van der Waals surface area contributed by atoms with E-state index < -0.39 is 0 Å². The predicted octanol–water partition coefficient (Wildman–Crippen LogP) is 3.24. The molecule has 0 saturated carbocycles. The summed E-state index contributed by atoms with van der Waals surface area (Å²) < 4.78 is 0. The molecule has 1 atom stereocenters. The van der Waals surface area contributed by atoms with E-state index >= 15 is 0 Å². The topological polar surface area (TPSA) is 39.7 Å². The van der Waals surface area contributed by atoms with Crippen molar-refractivity contribution < 1.29 is 0 Å². The van der Waals surface area contributed by atoms with Gasteiger partial charge >= 0.3 is 0 Å². The molecule has 0 aromatic heterocycles. The monoisotopic (exact) mass is 310 g/mol. The van der Waals surface area contributed by atoms with E-state index in [1.54, 1.807) is 0 Å². The summed E-state index contributed by atoms with van der Waals surface area (Å²) in [6, 6.07) is 0. The van der Waals surface area contributed by atoms with E-state index in [1.807, 2.05) is 0 Å². The van der Waals surface area contributed by atoms with Gasteiger partial charge in [-0.2, -0.15) is 0 Å². The molecule has 22 heavy (non-hydrogen) atoms. The molecule has 2 N–H and O–H groups in total. The number of unbranched alkanes of at least 4 members (excludes halogenated alkanes) is 6. The summed E-state index contributed by atoms with van der Waals surface area (Å²) in [5.41, 5.74) is 0. The molecule has 0 aromatic rings. The number of aliphatic imine (C=N–C) groups is 1. The number of guanidine groups is 1. The lowest BCUT2D eigenvalue weighted by Crippen LogP contribution is -2.38. The number of nitrogens with one attached hydrogen (secondary N) is 2. The van der Waals surface area contributed by atoms with Crippen molar-refractivity contribution in [3.63, 3.8) is 0 Å². The molecule has 4 nitrogen and oxygen atoms in total.